The summed E-state index contributed by atoms with van der Waals surface area (Å²) >= 11 is 0. The van der Waals surface area contributed by atoms with Gasteiger partial charge >= 0.3 is 5.97 Å². The second kappa shape index (κ2) is 5.91. The molecule has 104 valence electrons. The monoisotopic (exact) mass is 275 g/mol. The molecule has 20 heavy (non-hydrogen) atoms. The zero-order chi connectivity index (χ0) is 14.5. The maximum Gasteiger partial charge on any atom is 0.358 e. The Labute approximate surface area is 114 Å². The van der Waals surface area contributed by atoms with E-state index >= 15 is 0 Å². The Morgan fingerprint density at radius 1 is 1.40 bits per heavy atom. The Hall–Kier alpha value is -2.77. The standard InChI is InChI=1S/C12H13N5O3/c1-8(18)13-6-7-17-11(9-4-2-3-5-14-9)10(12(19)20)15-16-17/h2-5H,6-7H2,1H3,(H,13,18)(H,19,20). The number of amides is 1. The SMILES string of the molecule is CC(=O)NCCn1nnc(C(=O)O)c1-c1ccccn1. The maximum atomic E-state index is 11.2. The van der Waals surface area contributed by atoms with Gasteiger partial charge in [0.1, 0.15) is 5.69 Å². The molecule has 0 saturated carbocycles. The molecule has 0 aliphatic rings. The quantitative estimate of drug-likeness (QED) is 0.805. The van der Waals surface area contributed by atoms with E-state index in [2.05, 4.69) is 20.6 Å². The third-order valence-electron chi connectivity index (χ3n) is 2.54. The molecule has 0 unspecified atom stereocenters. The Morgan fingerprint density at radius 2 is 2.20 bits per heavy atom. The predicted molar refractivity (Wildman–Crippen MR) is 68.9 cm³/mol. The first-order valence-corrected chi connectivity index (χ1v) is 5.92. The smallest absolute Gasteiger partial charge is 0.358 e. The molecule has 8 heteroatoms. The van der Waals surface area contributed by atoms with E-state index in [1.54, 1.807) is 24.4 Å². The molecule has 2 aromatic rings. The van der Waals surface area contributed by atoms with Crippen LogP contribution in [0.4, 0.5) is 0 Å². The van der Waals surface area contributed by atoms with E-state index in [0.29, 0.717) is 24.5 Å². The first-order valence-electron chi connectivity index (χ1n) is 5.92. The van der Waals surface area contributed by atoms with Gasteiger partial charge in [-0.3, -0.25) is 9.78 Å². The zero-order valence-corrected chi connectivity index (χ0v) is 10.8. The van der Waals surface area contributed by atoms with Gasteiger partial charge in [0.15, 0.2) is 5.69 Å². The molecular formula is C12H13N5O3. The van der Waals surface area contributed by atoms with E-state index in [9.17, 15) is 9.59 Å². The third kappa shape index (κ3) is 2.97. The first-order chi connectivity index (χ1) is 9.59. The molecule has 0 radical (unpaired) electrons. The van der Waals surface area contributed by atoms with Crippen LogP contribution in [0.3, 0.4) is 0 Å². The van der Waals surface area contributed by atoms with E-state index in [0.717, 1.165) is 0 Å². The summed E-state index contributed by atoms with van der Waals surface area (Å²) in [7, 11) is 0. The maximum absolute atomic E-state index is 11.2. The Bertz CT molecular complexity index is 623. The normalized spacial score (nSPS) is 10.2. The van der Waals surface area contributed by atoms with Crippen molar-refractivity contribution >= 4 is 11.9 Å². The molecule has 0 spiro atoms. The van der Waals surface area contributed by atoms with E-state index in [-0.39, 0.29) is 11.6 Å². The molecule has 0 atom stereocenters. The Balaban J connectivity index is 2.33. The minimum Gasteiger partial charge on any atom is -0.476 e. The molecule has 0 aliphatic carbocycles. The number of hydrogen-bond acceptors (Lipinski definition) is 5. The highest BCUT2D eigenvalue weighted by molar-refractivity contribution is 5.92. The van der Waals surface area contributed by atoms with Crippen LogP contribution < -0.4 is 5.32 Å². The van der Waals surface area contributed by atoms with Crippen molar-refractivity contribution < 1.29 is 14.7 Å². The number of pyridine rings is 1. The second-order valence-electron chi connectivity index (χ2n) is 4.01. The first kappa shape index (κ1) is 13.7. The summed E-state index contributed by atoms with van der Waals surface area (Å²) < 4.78 is 1.42. The summed E-state index contributed by atoms with van der Waals surface area (Å²) in [6.07, 6.45) is 1.56. The molecule has 0 aliphatic heterocycles. The number of nitrogens with zero attached hydrogens (tertiary/aromatic N) is 4. The van der Waals surface area contributed by atoms with Gasteiger partial charge in [0.05, 0.1) is 12.2 Å². The number of carboxylic acid groups (broad SMARTS) is 1. The summed E-state index contributed by atoms with van der Waals surface area (Å²) in [6, 6.07) is 5.16. The van der Waals surface area contributed by atoms with Crippen molar-refractivity contribution in [2.45, 2.75) is 13.5 Å². The second-order valence-corrected chi connectivity index (χ2v) is 4.01. The average molecular weight is 275 g/mol. The van der Waals surface area contributed by atoms with Gasteiger partial charge < -0.3 is 10.4 Å². The van der Waals surface area contributed by atoms with Crippen LogP contribution >= 0.6 is 0 Å². The molecule has 8 nitrogen and oxygen atoms in total. The van der Waals surface area contributed by atoms with Crippen LogP contribution in [0.1, 0.15) is 17.4 Å². The van der Waals surface area contributed by atoms with Crippen LogP contribution in [0.15, 0.2) is 24.4 Å². The fourth-order valence-electron chi connectivity index (χ4n) is 1.71. The average Bonchev–Trinajstić information content (AvgIpc) is 2.83. The molecule has 2 aromatic heterocycles. The summed E-state index contributed by atoms with van der Waals surface area (Å²) in [4.78, 5) is 26.1. The van der Waals surface area contributed by atoms with Crippen LogP contribution in [0, 0.1) is 0 Å². The van der Waals surface area contributed by atoms with Gasteiger partial charge in [-0.05, 0) is 12.1 Å². The largest absolute Gasteiger partial charge is 0.476 e. The molecule has 2 N–H and O–H groups in total. The van der Waals surface area contributed by atoms with Crippen molar-refractivity contribution in [2.24, 2.45) is 0 Å². The van der Waals surface area contributed by atoms with Crippen LogP contribution in [0.5, 0.6) is 0 Å². The van der Waals surface area contributed by atoms with Gasteiger partial charge in [0, 0.05) is 19.7 Å². The summed E-state index contributed by atoms with van der Waals surface area (Å²) in [6.45, 7) is 2.05. The van der Waals surface area contributed by atoms with Gasteiger partial charge in [-0.25, -0.2) is 9.48 Å². The number of carbonyl (C=O) groups is 2. The van der Waals surface area contributed by atoms with Crippen molar-refractivity contribution in [3.8, 4) is 11.4 Å². The number of carbonyl (C=O) groups excluding carboxylic acids is 1. The topological polar surface area (TPSA) is 110 Å². The minimum atomic E-state index is -1.17. The number of aromatic nitrogens is 4. The number of hydrogen-bond donors (Lipinski definition) is 2. The van der Waals surface area contributed by atoms with Crippen molar-refractivity contribution in [3.05, 3.63) is 30.1 Å². The molecule has 0 aromatic carbocycles. The van der Waals surface area contributed by atoms with Crippen molar-refractivity contribution in [1.82, 2.24) is 25.3 Å². The van der Waals surface area contributed by atoms with Gasteiger partial charge in [-0.2, -0.15) is 0 Å². The van der Waals surface area contributed by atoms with Crippen molar-refractivity contribution in [2.75, 3.05) is 6.54 Å². The predicted octanol–water partition coefficient (Wildman–Crippen LogP) is 0.174. The van der Waals surface area contributed by atoms with E-state index in [1.807, 2.05) is 0 Å². The lowest BCUT2D eigenvalue weighted by atomic mass is 10.2. The third-order valence-corrected chi connectivity index (χ3v) is 2.54. The molecule has 2 heterocycles. The number of aromatic carboxylic acids is 1. The van der Waals surface area contributed by atoms with Crippen LogP contribution in [-0.2, 0) is 11.3 Å². The highest BCUT2D eigenvalue weighted by atomic mass is 16.4. The summed E-state index contributed by atoms with van der Waals surface area (Å²) in [5.41, 5.74) is 0.632. The number of rotatable bonds is 5. The fourth-order valence-corrected chi connectivity index (χ4v) is 1.71. The molecule has 1 amide bonds. The van der Waals surface area contributed by atoms with E-state index < -0.39 is 5.97 Å². The van der Waals surface area contributed by atoms with Crippen LogP contribution in [-0.4, -0.2) is 43.5 Å². The number of nitrogens with one attached hydrogen (secondary N) is 1. The van der Waals surface area contributed by atoms with Crippen LogP contribution in [0.2, 0.25) is 0 Å². The van der Waals surface area contributed by atoms with Gasteiger partial charge in [-0.1, -0.05) is 11.3 Å². The van der Waals surface area contributed by atoms with Gasteiger partial charge in [0.2, 0.25) is 5.91 Å². The minimum absolute atomic E-state index is 0.161. The summed E-state index contributed by atoms with van der Waals surface area (Å²) in [5.74, 6) is -1.33. The van der Waals surface area contributed by atoms with Crippen molar-refractivity contribution in [1.29, 1.82) is 0 Å². The van der Waals surface area contributed by atoms with E-state index in [4.69, 9.17) is 5.11 Å². The Kier molecular flexibility index (Phi) is 4.04. The van der Waals surface area contributed by atoms with E-state index in [1.165, 1.54) is 11.6 Å². The van der Waals surface area contributed by atoms with Gasteiger partial charge in [-0.15, -0.1) is 5.10 Å². The molecule has 2 rings (SSSR count). The number of carboxylic acids is 1. The lowest BCUT2D eigenvalue weighted by Gasteiger charge is -2.06. The fraction of sp³-hybridized carbons (Fsp3) is 0.250. The van der Waals surface area contributed by atoms with Crippen molar-refractivity contribution in [3.63, 3.8) is 0 Å². The lowest BCUT2D eigenvalue weighted by molar-refractivity contribution is -0.119. The lowest BCUT2D eigenvalue weighted by Crippen LogP contribution is -2.25. The Morgan fingerprint density at radius 3 is 2.80 bits per heavy atom. The molecular weight excluding hydrogens is 262 g/mol. The zero-order valence-electron chi connectivity index (χ0n) is 10.8. The molecule has 0 fully saturated rings. The van der Waals surface area contributed by atoms with Crippen LogP contribution in [0.25, 0.3) is 11.4 Å². The molecule has 0 saturated heterocycles. The summed E-state index contributed by atoms with van der Waals surface area (Å²) in [5, 5.41) is 19.2. The highest BCUT2D eigenvalue weighted by Crippen LogP contribution is 2.19. The molecule has 0 bridgehead atoms. The highest BCUT2D eigenvalue weighted by Gasteiger charge is 2.21. The van der Waals surface area contributed by atoms with Gasteiger partial charge in [0.25, 0.3) is 0 Å².